The number of halogens is 4. The normalized spacial score (nSPS) is 11.1. The first-order chi connectivity index (χ1) is 7.87. The summed E-state index contributed by atoms with van der Waals surface area (Å²) >= 11 is 0. The topological polar surface area (TPSA) is 41.1 Å². The minimum Gasteiger partial charge on any atom is -0.338 e. The van der Waals surface area contributed by atoms with Gasteiger partial charge in [0.15, 0.2) is 0 Å². The second kappa shape index (κ2) is 5.51. The summed E-state index contributed by atoms with van der Waals surface area (Å²) in [6.07, 6.45) is -4.41. The van der Waals surface area contributed by atoms with E-state index in [1.54, 1.807) is 0 Å². The van der Waals surface area contributed by atoms with Gasteiger partial charge in [-0.25, -0.2) is 14.5 Å². The Bertz CT molecular complexity index is 375. The van der Waals surface area contributed by atoms with E-state index in [2.05, 4.69) is 0 Å². The quantitative estimate of drug-likeness (QED) is 0.626. The largest absolute Gasteiger partial charge is 0.485 e. The predicted octanol–water partition coefficient (Wildman–Crippen LogP) is 2.19. The number of alkyl halides is 3. The van der Waals surface area contributed by atoms with Gasteiger partial charge in [-0.2, -0.15) is 13.2 Å². The maximum Gasteiger partial charge on any atom is 0.485 e. The lowest BCUT2D eigenvalue weighted by atomic mass is 10.1. The summed E-state index contributed by atoms with van der Waals surface area (Å²) in [5, 5.41) is 2.84. The summed E-state index contributed by atoms with van der Waals surface area (Å²) in [6, 6.07) is 4.17. The molecule has 7 heteroatoms. The summed E-state index contributed by atoms with van der Waals surface area (Å²) < 4.78 is 47.6. The summed E-state index contributed by atoms with van der Waals surface area (Å²) in [5.74, 6) is -0.392. The lowest BCUT2D eigenvalue weighted by Gasteiger charge is -2.09. The van der Waals surface area contributed by atoms with Gasteiger partial charge in [-0.3, -0.25) is 0 Å². The standard InChI is InChI=1S/C10H10F4N2O/c11-8-3-1-7(2-4-8)5-6-15-9(17)16-10(12,13)14/h1-4H,5-6H2,(H2,15,16,17). The van der Waals surface area contributed by atoms with Gasteiger partial charge in [0, 0.05) is 6.54 Å². The van der Waals surface area contributed by atoms with Crippen molar-refractivity contribution in [2.45, 2.75) is 12.7 Å². The zero-order valence-corrected chi connectivity index (χ0v) is 8.64. The summed E-state index contributed by atoms with van der Waals surface area (Å²) in [4.78, 5) is 10.7. The Morgan fingerprint density at radius 2 is 1.76 bits per heavy atom. The van der Waals surface area contributed by atoms with Crippen molar-refractivity contribution in [1.82, 2.24) is 10.6 Å². The number of hydrogen-bond acceptors (Lipinski definition) is 1. The second-order valence-electron chi connectivity index (χ2n) is 3.26. The van der Waals surface area contributed by atoms with Gasteiger partial charge in [0.25, 0.3) is 0 Å². The van der Waals surface area contributed by atoms with E-state index in [9.17, 15) is 22.4 Å². The maximum absolute atomic E-state index is 12.5. The van der Waals surface area contributed by atoms with Gasteiger partial charge in [-0.05, 0) is 24.1 Å². The molecule has 0 aliphatic carbocycles. The van der Waals surface area contributed by atoms with Crippen LogP contribution < -0.4 is 10.6 Å². The number of benzene rings is 1. The minimum absolute atomic E-state index is 0.0353. The summed E-state index contributed by atoms with van der Waals surface area (Å²) in [6.45, 7) is 0.0353. The van der Waals surface area contributed by atoms with Crippen LogP contribution in [-0.2, 0) is 6.42 Å². The van der Waals surface area contributed by atoms with Crippen molar-refractivity contribution in [3.05, 3.63) is 35.6 Å². The SMILES string of the molecule is O=C(NCCc1ccc(F)cc1)NC(F)(F)F. The lowest BCUT2D eigenvalue weighted by Crippen LogP contribution is -2.44. The average molecular weight is 250 g/mol. The van der Waals surface area contributed by atoms with E-state index in [1.807, 2.05) is 5.32 Å². The van der Waals surface area contributed by atoms with Crippen LogP contribution in [0.5, 0.6) is 0 Å². The van der Waals surface area contributed by atoms with Gasteiger partial charge in [-0.1, -0.05) is 12.1 Å². The van der Waals surface area contributed by atoms with Crippen LogP contribution in [0.15, 0.2) is 24.3 Å². The third-order valence-corrected chi connectivity index (χ3v) is 1.87. The van der Waals surface area contributed by atoms with Crippen molar-refractivity contribution in [1.29, 1.82) is 0 Å². The Morgan fingerprint density at radius 1 is 1.18 bits per heavy atom. The molecule has 2 amide bonds. The van der Waals surface area contributed by atoms with Gasteiger partial charge in [0.2, 0.25) is 0 Å². The molecule has 0 spiro atoms. The molecule has 0 atom stereocenters. The monoisotopic (exact) mass is 250 g/mol. The fourth-order valence-corrected chi connectivity index (χ4v) is 1.14. The van der Waals surface area contributed by atoms with Crippen molar-refractivity contribution in [2.24, 2.45) is 0 Å². The van der Waals surface area contributed by atoms with Gasteiger partial charge in [-0.15, -0.1) is 0 Å². The molecular formula is C10H10F4N2O. The van der Waals surface area contributed by atoms with Gasteiger partial charge in [0.1, 0.15) is 5.82 Å². The number of hydrogen-bond donors (Lipinski definition) is 2. The molecule has 0 aromatic heterocycles. The Balaban J connectivity index is 2.28. The smallest absolute Gasteiger partial charge is 0.338 e. The van der Waals surface area contributed by atoms with E-state index in [0.717, 1.165) is 10.9 Å². The molecule has 0 fully saturated rings. The molecule has 1 aromatic carbocycles. The van der Waals surface area contributed by atoms with Crippen LogP contribution in [0.4, 0.5) is 22.4 Å². The lowest BCUT2D eigenvalue weighted by molar-refractivity contribution is -0.145. The number of carbonyl (C=O) groups excluding carboxylic acids is 1. The highest BCUT2D eigenvalue weighted by atomic mass is 19.4. The Kier molecular flexibility index (Phi) is 4.30. The Labute approximate surface area is 94.8 Å². The fourth-order valence-electron chi connectivity index (χ4n) is 1.14. The van der Waals surface area contributed by atoms with E-state index < -0.39 is 18.1 Å². The van der Waals surface area contributed by atoms with Crippen LogP contribution in [0.25, 0.3) is 0 Å². The average Bonchev–Trinajstić information content (AvgIpc) is 2.18. The molecule has 0 unspecified atom stereocenters. The molecule has 0 saturated heterocycles. The van der Waals surface area contributed by atoms with Crippen LogP contribution >= 0.6 is 0 Å². The van der Waals surface area contributed by atoms with Crippen LogP contribution in [-0.4, -0.2) is 18.9 Å². The molecule has 0 bridgehead atoms. The highest BCUT2D eigenvalue weighted by Gasteiger charge is 2.29. The van der Waals surface area contributed by atoms with Gasteiger partial charge in [0.05, 0.1) is 0 Å². The zero-order chi connectivity index (χ0) is 12.9. The third kappa shape index (κ3) is 5.74. The maximum atomic E-state index is 12.5. The summed E-state index contributed by atoms with van der Waals surface area (Å²) in [7, 11) is 0. The van der Waals surface area contributed by atoms with E-state index in [1.165, 1.54) is 24.3 Å². The highest BCUT2D eigenvalue weighted by molar-refractivity contribution is 5.74. The van der Waals surface area contributed by atoms with E-state index >= 15 is 0 Å². The zero-order valence-electron chi connectivity index (χ0n) is 8.64. The molecule has 0 radical (unpaired) electrons. The first kappa shape index (κ1) is 13.3. The molecular weight excluding hydrogens is 240 g/mol. The van der Waals surface area contributed by atoms with E-state index in [-0.39, 0.29) is 6.54 Å². The van der Waals surface area contributed by atoms with Crippen molar-refractivity contribution in [3.63, 3.8) is 0 Å². The first-order valence-electron chi connectivity index (χ1n) is 4.74. The fraction of sp³-hybridized carbons (Fsp3) is 0.300. The molecule has 1 rings (SSSR count). The molecule has 1 aromatic rings. The van der Waals surface area contributed by atoms with Crippen LogP contribution in [0.1, 0.15) is 5.56 Å². The number of nitrogens with one attached hydrogen (secondary N) is 2. The van der Waals surface area contributed by atoms with Crippen LogP contribution in [0, 0.1) is 5.82 Å². The Morgan fingerprint density at radius 3 is 2.29 bits per heavy atom. The van der Waals surface area contributed by atoms with Crippen molar-refractivity contribution < 1.29 is 22.4 Å². The number of urea groups is 1. The number of carbonyl (C=O) groups is 1. The predicted molar refractivity (Wildman–Crippen MR) is 52.7 cm³/mol. The Hall–Kier alpha value is -1.79. The molecule has 17 heavy (non-hydrogen) atoms. The molecule has 3 nitrogen and oxygen atoms in total. The molecule has 0 saturated carbocycles. The van der Waals surface area contributed by atoms with Gasteiger partial charge < -0.3 is 5.32 Å². The first-order valence-corrected chi connectivity index (χ1v) is 4.74. The molecule has 94 valence electrons. The molecule has 0 aliphatic heterocycles. The second-order valence-corrected chi connectivity index (χ2v) is 3.26. The van der Waals surface area contributed by atoms with Crippen molar-refractivity contribution in [3.8, 4) is 0 Å². The third-order valence-electron chi connectivity index (χ3n) is 1.87. The highest BCUT2D eigenvalue weighted by Crippen LogP contribution is 2.08. The molecule has 0 heterocycles. The number of rotatable bonds is 3. The summed E-state index contributed by atoms with van der Waals surface area (Å²) in [5.41, 5.74) is 0.721. The van der Waals surface area contributed by atoms with Crippen LogP contribution in [0.3, 0.4) is 0 Å². The number of amides is 2. The van der Waals surface area contributed by atoms with E-state index in [0.29, 0.717) is 6.42 Å². The molecule has 2 N–H and O–H groups in total. The van der Waals surface area contributed by atoms with E-state index in [4.69, 9.17) is 0 Å². The minimum atomic E-state index is -4.74. The van der Waals surface area contributed by atoms with Crippen LogP contribution in [0.2, 0.25) is 0 Å². The molecule has 0 aliphatic rings. The van der Waals surface area contributed by atoms with Gasteiger partial charge >= 0.3 is 12.3 Å². The van der Waals surface area contributed by atoms with Crippen molar-refractivity contribution in [2.75, 3.05) is 6.54 Å². The van der Waals surface area contributed by atoms with Crippen molar-refractivity contribution >= 4 is 6.03 Å².